The second-order valence-corrected chi connectivity index (χ2v) is 7.40. The third-order valence-corrected chi connectivity index (χ3v) is 5.55. The SMILES string of the molecule is N[C@H]1CC[C@H](Nc2[c]cnc3ccc(-c4ccc5[nH]cnc5c4)cc23)CC1. The normalized spacial score (nSPS) is 20.2. The zero-order chi connectivity index (χ0) is 18.2. The quantitative estimate of drug-likeness (QED) is 0.512. The number of nitrogens with zero attached hydrogens (tertiary/aromatic N) is 2. The number of hydrogen-bond donors (Lipinski definition) is 3. The van der Waals surface area contributed by atoms with Gasteiger partial charge in [-0.05, 0) is 61.1 Å². The van der Waals surface area contributed by atoms with Crippen molar-refractivity contribution in [3.05, 3.63) is 55.0 Å². The summed E-state index contributed by atoms with van der Waals surface area (Å²) in [5, 5.41) is 4.78. The van der Waals surface area contributed by atoms with Gasteiger partial charge in [0.1, 0.15) is 0 Å². The third-order valence-electron chi connectivity index (χ3n) is 5.55. The van der Waals surface area contributed by atoms with E-state index in [1.54, 1.807) is 12.5 Å². The van der Waals surface area contributed by atoms with Crippen molar-refractivity contribution in [2.45, 2.75) is 37.8 Å². The Morgan fingerprint density at radius 3 is 2.67 bits per heavy atom. The molecule has 1 fully saturated rings. The fourth-order valence-electron chi connectivity index (χ4n) is 3.97. The molecule has 5 rings (SSSR count). The number of nitrogens with two attached hydrogens (primary N) is 1. The molecule has 0 aliphatic heterocycles. The second-order valence-electron chi connectivity index (χ2n) is 7.40. The van der Waals surface area contributed by atoms with E-state index in [1.165, 1.54) is 0 Å². The summed E-state index contributed by atoms with van der Waals surface area (Å²) in [5.41, 5.74) is 12.4. The van der Waals surface area contributed by atoms with Crippen molar-refractivity contribution in [1.82, 2.24) is 15.0 Å². The molecule has 1 aliphatic rings. The minimum Gasteiger partial charge on any atom is -0.381 e. The number of fused-ring (bicyclic) bond motifs is 2. The molecule has 0 bridgehead atoms. The minimum absolute atomic E-state index is 0.352. The summed E-state index contributed by atoms with van der Waals surface area (Å²) in [6.45, 7) is 0. The molecule has 2 aromatic heterocycles. The number of aromatic amines is 1. The number of hydrogen-bond acceptors (Lipinski definition) is 4. The van der Waals surface area contributed by atoms with Crippen LogP contribution in [0.25, 0.3) is 33.1 Å². The van der Waals surface area contributed by atoms with Crippen LogP contribution in [0.4, 0.5) is 5.69 Å². The molecule has 4 aromatic rings. The molecule has 0 spiro atoms. The van der Waals surface area contributed by atoms with Crippen molar-refractivity contribution in [1.29, 1.82) is 0 Å². The molecule has 27 heavy (non-hydrogen) atoms. The van der Waals surface area contributed by atoms with Crippen LogP contribution in [0.2, 0.25) is 0 Å². The summed E-state index contributed by atoms with van der Waals surface area (Å²) in [5.74, 6) is 0. The Labute approximate surface area is 158 Å². The highest BCUT2D eigenvalue weighted by atomic mass is 14.9. The van der Waals surface area contributed by atoms with Gasteiger partial charge >= 0.3 is 0 Å². The molecular weight excluding hydrogens is 334 g/mol. The zero-order valence-electron chi connectivity index (χ0n) is 15.1. The first-order valence-corrected chi connectivity index (χ1v) is 9.52. The average Bonchev–Trinajstić information content (AvgIpc) is 3.17. The number of benzene rings is 2. The van der Waals surface area contributed by atoms with Crippen LogP contribution < -0.4 is 11.1 Å². The van der Waals surface area contributed by atoms with E-state index >= 15 is 0 Å². The molecular formula is C22H22N5. The lowest BCUT2D eigenvalue weighted by Gasteiger charge is -2.28. The molecule has 0 unspecified atom stereocenters. The molecule has 135 valence electrons. The number of nitrogens with one attached hydrogen (secondary N) is 2. The Morgan fingerprint density at radius 2 is 1.78 bits per heavy atom. The van der Waals surface area contributed by atoms with Gasteiger partial charge in [0.25, 0.3) is 0 Å². The third kappa shape index (κ3) is 3.15. The molecule has 5 heteroatoms. The fourth-order valence-corrected chi connectivity index (χ4v) is 3.97. The molecule has 2 heterocycles. The van der Waals surface area contributed by atoms with Crippen molar-refractivity contribution in [3.8, 4) is 11.1 Å². The summed E-state index contributed by atoms with van der Waals surface area (Å²) in [7, 11) is 0. The molecule has 0 amide bonds. The lowest BCUT2D eigenvalue weighted by molar-refractivity contribution is 0.411. The van der Waals surface area contributed by atoms with Gasteiger partial charge < -0.3 is 16.0 Å². The minimum atomic E-state index is 0.352. The standard InChI is InChI=1S/C22H22N5/c23-16-3-5-17(6-4-16)27-20-9-10-24-19-7-1-14(11-18(19)20)15-2-8-21-22(12-15)26-13-25-21/h1-2,7-8,10-13,16-17H,3-6,23H2,(H,24,27)(H,25,26)/t16-,17-. The van der Waals surface area contributed by atoms with Crippen LogP contribution in [0.1, 0.15) is 25.7 Å². The summed E-state index contributed by atoms with van der Waals surface area (Å²) in [6.07, 6.45) is 7.86. The van der Waals surface area contributed by atoms with Crippen LogP contribution in [0.15, 0.2) is 48.9 Å². The molecule has 1 saturated carbocycles. The van der Waals surface area contributed by atoms with Gasteiger partial charge in [-0.2, -0.15) is 0 Å². The summed E-state index contributed by atoms with van der Waals surface area (Å²) < 4.78 is 0. The number of rotatable bonds is 3. The highest BCUT2D eigenvalue weighted by molar-refractivity contribution is 5.94. The first kappa shape index (κ1) is 16.3. The number of pyridine rings is 1. The maximum atomic E-state index is 6.04. The van der Waals surface area contributed by atoms with E-state index in [9.17, 15) is 0 Å². The smallest absolute Gasteiger partial charge is 0.0931 e. The Kier molecular flexibility index (Phi) is 4.02. The number of anilines is 1. The van der Waals surface area contributed by atoms with Gasteiger partial charge in [-0.3, -0.25) is 4.98 Å². The largest absolute Gasteiger partial charge is 0.381 e. The van der Waals surface area contributed by atoms with Gasteiger partial charge in [0.05, 0.1) is 28.6 Å². The van der Waals surface area contributed by atoms with Gasteiger partial charge in [0, 0.05) is 29.7 Å². The van der Waals surface area contributed by atoms with E-state index in [-0.39, 0.29) is 0 Å². The maximum Gasteiger partial charge on any atom is 0.0931 e. The number of aromatic nitrogens is 3. The molecule has 2 aromatic carbocycles. The van der Waals surface area contributed by atoms with Gasteiger partial charge in [-0.1, -0.05) is 12.1 Å². The molecule has 5 nitrogen and oxygen atoms in total. The van der Waals surface area contributed by atoms with Crippen molar-refractivity contribution < 1.29 is 0 Å². The average molecular weight is 356 g/mol. The number of H-pyrrole nitrogens is 1. The summed E-state index contributed by atoms with van der Waals surface area (Å²) in [6, 6.07) is 16.8. The van der Waals surface area contributed by atoms with Crippen LogP contribution in [0.3, 0.4) is 0 Å². The van der Waals surface area contributed by atoms with Crippen LogP contribution >= 0.6 is 0 Å². The van der Waals surface area contributed by atoms with E-state index in [2.05, 4.69) is 62.7 Å². The van der Waals surface area contributed by atoms with Crippen molar-refractivity contribution in [3.63, 3.8) is 0 Å². The van der Waals surface area contributed by atoms with Gasteiger partial charge in [0.15, 0.2) is 0 Å². The van der Waals surface area contributed by atoms with E-state index in [0.29, 0.717) is 12.1 Å². The summed E-state index contributed by atoms with van der Waals surface area (Å²) >= 11 is 0. The molecule has 1 aliphatic carbocycles. The Morgan fingerprint density at radius 1 is 0.963 bits per heavy atom. The molecule has 4 N–H and O–H groups in total. The van der Waals surface area contributed by atoms with Crippen LogP contribution in [0.5, 0.6) is 0 Å². The predicted octanol–water partition coefficient (Wildman–Crippen LogP) is 4.26. The van der Waals surface area contributed by atoms with Crippen LogP contribution in [-0.4, -0.2) is 27.0 Å². The first-order chi connectivity index (χ1) is 13.3. The Balaban J connectivity index is 1.51. The fraction of sp³-hybridized carbons (Fsp3) is 0.273. The second kappa shape index (κ2) is 6.67. The van der Waals surface area contributed by atoms with Crippen LogP contribution in [0, 0.1) is 6.07 Å². The van der Waals surface area contributed by atoms with Crippen molar-refractivity contribution >= 4 is 27.6 Å². The van der Waals surface area contributed by atoms with E-state index in [1.807, 2.05) is 0 Å². The Bertz CT molecular complexity index is 1090. The van der Waals surface area contributed by atoms with Crippen molar-refractivity contribution in [2.24, 2.45) is 5.73 Å². The molecule has 0 atom stereocenters. The topological polar surface area (TPSA) is 79.6 Å². The maximum absolute atomic E-state index is 6.04. The van der Waals surface area contributed by atoms with E-state index < -0.39 is 0 Å². The molecule has 1 radical (unpaired) electrons. The monoisotopic (exact) mass is 356 g/mol. The van der Waals surface area contributed by atoms with E-state index in [0.717, 1.165) is 64.4 Å². The van der Waals surface area contributed by atoms with Gasteiger partial charge in [0.2, 0.25) is 0 Å². The highest BCUT2D eigenvalue weighted by Crippen LogP contribution is 2.30. The summed E-state index contributed by atoms with van der Waals surface area (Å²) in [4.78, 5) is 12.0. The lowest BCUT2D eigenvalue weighted by atomic mass is 9.91. The van der Waals surface area contributed by atoms with Crippen molar-refractivity contribution in [2.75, 3.05) is 5.32 Å². The van der Waals surface area contributed by atoms with Gasteiger partial charge in [-0.15, -0.1) is 0 Å². The Hall–Kier alpha value is -2.92. The first-order valence-electron chi connectivity index (χ1n) is 9.52. The highest BCUT2D eigenvalue weighted by Gasteiger charge is 2.19. The zero-order valence-corrected chi connectivity index (χ0v) is 15.1. The van der Waals surface area contributed by atoms with Gasteiger partial charge in [-0.25, -0.2) is 4.98 Å². The lowest BCUT2D eigenvalue weighted by Crippen LogP contribution is -2.32. The molecule has 0 saturated heterocycles. The van der Waals surface area contributed by atoms with Crippen LogP contribution in [-0.2, 0) is 0 Å². The number of imidazole rings is 1. The predicted molar refractivity (Wildman–Crippen MR) is 110 cm³/mol. The van der Waals surface area contributed by atoms with E-state index in [4.69, 9.17) is 5.73 Å².